The molecule has 1 amide bonds. The second-order valence-electron chi connectivity index (χ2n) is 4.69. The number of methoxy groups -OCH3 is 1. The Morgan fingerprint density at radius 1 is 1.19 bits per heavy atom. The fourth-order valence-corrected chi connectivity index (χ4v) is 2.53. The summed E-state index contributed by atoms with van der Waals surface area (Å²) in [7, 11) is 1.66. The SMILES string of the molecule is COc1cccc(CCCNC(=O)c2ccccc2Br)c1. The maximum absolute atomic E-state index is 12.0. The summed E-state index contributed by atoms with van der Waals surface area (Å²) in [4.78, 5) is 12.0. The molecule has 0 fully saturated rings. The lowest BCUT2D eigenvalue weighted by Crippen LogP contribution is -2.25. The Labute approximate surface area is 133 Å². The third-order valence-corrected chi connectivity index (χ3v) is 3.87. The molecular formula is C17H18BrNO2. The Morgan fingerprint density at radius 3 is 2.76 bits per heavy atom. The fraction of sp³-hybridized carbons (Fsp3) is 0.235. The highest BCUT2D eigenvalue weighted by molar-refractivity contribution is 9.10. The van der Waals surface area contributed by atoms with E-state index in [2.05, 4.69) is 27.3 Å². The van der Waals surface area contributed by atoms with Crippen molar-refractivity contribution in [2.45, 2.75) is 12.8 Å². The minimum absolute atomic E-state index is 0.0480. The zero-order valence-corrected chi connectivity index (χ0v) is 13.5. The first-order valence-corrected chi connectivity index (χ1v) is 7.65. The van der Waals surface area contributed by atoms with Crippen LogP contribution >= 0.6 is 15.9 Å². The molecule has 0 spiro atoms. The first-order chi connectivity index (χ1) is 10.2. The molecule has 0 radical (unpaired) electrons. The average Bonchev–Trinajstić information content (AvgIpc) is 2.52. The molecule has 0 heterocycles. The van der Waals surface area contributed by atoms with Gasteiger partial charge in [0.2, 0.25) is 0 Å². The van der Waals surface area contributed by atoms with Crippen LogP contribution in [0.3, 0.4) is 0 Å². The Bertz CT molecular complexity index is 613. The summed E-state index contributed by atoms with van der Waals surface area (Å²) in [5.41, 5.74) is 1.88. The first-order valence-electron chi connectivity index (χ1n) is 6.86. The van der Waals surface area contributed by atoms with Crippen molar-refractivity contribution in [1.82, 2.24) is 5.32 Å². The fourth-order valence-electron chi connectivity index (χ4n) is 2.06. The molecule has 3 nitrogen and oxygen atoms in total. The third kappa shape index (κ3) is 4.60. The van der Waals surface area contributed by atoms with Gasteiger partial charge in [0.05, 0.1) is 12.7 Å². The van der Waals surface area contributed by atoms with Gasteiger partial charge in [0, 0.05) is 11.0 Å². The number of carbonyl (C=O) groups is 1. The number of amides is 1. The molecule has 2 rings (SSSR count). The van der Waals surface area contributed by atoms with Gasteiger partial charge >= 0.3 is 0 Å². The molecule has 0 unspecified atom stereocenters. The minimum Gasteiger partial charge on any atom is -0.497 e. The van der Waals surface area contributed by atoms with Crippen LogP contribution < -0.4 is 10.1 Å². The summed E-state index contributed by atoms with van der Waals surface area (Å²) in [5.74, 6) is 0.817. The second-order valence-corrected chi connectivity index (χ2v) is 5.55. The molecule has 0 aliphatic rings. The second kappa shape index (κ2) is 7.84. The maximum Gasteiger partial charge on any atom is 0.252 e. The van der Waals surface area contributed by atoms with E-state index < -0.39 is 0 Å². The lowest BCUT2D eigenvalue weighted by atomic mass is 10.1. The van der Waals surface area contributed by atoms with Crippen molar-refractivity contribution in [3.8, 4) is 5.75 Å². The van der Waals surface area contributed by atoms with Crippen LogP contribution in [0.1, 0.15) is 22.3 Å². The quantitative estimate of drug-likeness (QED) is 0.806. The van der Waals surface area contributed by atoms with Crippen molar-refractivity contribution in [3.05, 3.63) is 64.1 Å². The monoisotopic (exact) mass is 347 g/mol. The van der Waals surface area contributed by atoms with E-state index in [0.29, 0.717) is 12.1 Å². The predicted molar refractivity (Wildman–Crippen MR) is 87.8 cm³/mol. The van der Waals surface area contributed by atoms with Gasteiger partial charge in [-0.1, -0.05) is 24.3 Å². The molecule has 2 aromatic rings. The van der Waals surface area contributed by atoms with Gasteiger partial charge in [-0.25, -0.2) is 0 Å². The largest absolute Gasteiger partial charge is 0.497 e. The van der Waals surface area contributed by atoms with E-state index >= 15 is 0 Å². The number of halogens is 1. The number of carbonyl (C=O) groups excluding carboxylic acids is 1. The highest BCUT2D eigenvalue weighted by Crippen LogP contribution is 2.16. The number of ether oxygens (including phenoxy) is 1. The van der Waals surface area contributed by atoms with Gasteiger partial charge in [0.15, 0.2) is 0 Å². The summed E-state index contributed by atoms with van der Waals surface area (Å²) in [5, 5.41) is 2.94. The topological polar surface area (TPSA) is 38.3 Å². The van der Waals surface area contributed by atoms with E-state index in [1.807, 2.05) is 42.5 Å². The molecule has 110 valence electrons. The van der Waals surface area contributed by atoms with E-state index in [1.54, 1.807) is 7.11 Å². The molecular weight excluding hydrogens is 330 g/mol. The van der Waals surface area contributed by atoms with Crippen molar-refractivity contribution in [1.29, 1.82) is 0 Å². The van der Waals surface area contributed by atoms with Crippen molar-refractivity contribution < 1.29 is 9.53 Å². The number of rotatable bonds is 6. The number of nitrogens with one attached hydrogen (secondary N) is 1. The van der Waals surface area contributed by atoms with Crippen LogP contribution in [0.5, 0.6) is 5.75 Å². The highest BCUT2D eigenvalue weighted by Gasteiger charge is 2.07. The van der Waals surface area contributed by atoms with Crippen LogP contribution in [0.25, 0.3) is 0 Å². The number of hydrogen-bond donors (Lipinski definition) is 1. The summed E-state index contributed by atoms with van der Waals surface area (Å²) in [6.45, 7) is 0.650. The van der Waals surface area contributed by atoms with Crippen molar-refractivity contribution >= 4 is 21.8 Å². The molecule has 0 atom stereocenters. The average molecular weight is 348 g/mol. The molecule has 0 aliphatic carbocycles. The van der Waals surface area contributed by atoms with Crippen LogP contribution in [0, 0.1) is 0 Å². The smallest absolute Gasteiger partial charge is 0.252 e. The standard InChI is InChI=1S/C17H18BrNO2/c1-21-14-8-4-6-13(12-14)7-5-11-19-17(20)15-9-2-3-10-16(15)18/h2-4,6,8-10,12H,5,7,11H2,1H3,(H,19,20). The Balaban J connectivity index is 1.79. The first kappa shape index (κ1) is 15.6. The van der Waals surface area contributed by atoms with E-state index in [1.165, 1.54) is 5.56 Å². The van der Waals surface area contributed by atoms with Crippen molar-refractivity contribution in [2.24, 2.45) is 0 Å². The van der Waals surface area contributed by atoms with Crippen molar-refractivity contribution in [2.75, 3.05) is 13.7 Å². The summed E-state index contributed by atoms with van der Waals surface area (Å²) >= 11 is 3.38. The van der Waals surface area contributed by atoms with Gasteiger partial charge < -0.3 is 10.1 Å². The molecule has 1 N–H and O–H groups in total. The predicted octanol–water partition coefficient (Wildman–Crippen LogP) is 3.82. The van der Waals surface area contributed by atoms with Crippen LogP contribution in [0.2, 0.25) is 0 Å². The molecule has 0 saturated heterocycles. The van der Waals surface area contributed by atoms with E-state index in [9.17, 15) is 4.79 Å². The van der Waals surface area contributed by atoms with Gasteiger partial charge in [-0.15, -0.1) is 0 Å². The van der Waals surface area contributed by atoms with Gasteiger partial charge in [-0.05, 0) is 58.6 Å². The number of benzene rings is 2. The van der Waals surface area contributed by atoms with Gasteiger partial charge in [-0.3, -0.25) is 4.79 Å². The van der Waals surface area contributed by atoms with Gasteiger partial charge in [0.25, 0.3) is 5.91 Å². The van der Waals surface area contributed by atoms with Crippen molar-refractivity contribution in [3.63, 3.8) is 0 Å². The maximum atomic E-state index is 12.0. The van der Waals surface area contributed by atoms with Crippen LogP contribution in [-0.4, -0.2) is 19.6 Å². The molecule has 21 heavy (non-hydrogen) atoms. The highest BCUT2D eigenvalue weighted by atomic mass is 79.9. The lowest BCUT2D eigenvalue weighted by Gasteiger charge is -2.07. The molecule has 0 aromatic heterocycles. The minimum atomic E-state index is -0.0480. The van der Waals surface area contributed by atoms with Crippen LogP contribution in [-0.2, 0) is 6.42 Å². The molecule has 4 heteroatoms. The number of hydrogen-bond acceptors (Lipinski definition) is 2. The molecule has 0 bridgehead atoms. The third-order valence-electron chi connectivity index (χ3n) is 3.18. The number of aryl methyl sites for hydroxylation is 1. The van der Waals surface area contributed by atoms with Crippen LogP contribution in [0.15, 0.2) is 53.0 Å². The molecule has 0 aliphatic heterocycles. The van der Waals surface area contributed by atoms with E-state index in [0.717, 1.165) is 23.1 Å². The van der Waals surface area contributed by atoms with Crippen LogP contribution in [0.4, 0.5) is 0 Å². The Morgan fingerprint density at radius 2 is 2.00 bits per heavy atom. The normalized spacial score (nSPS) is 10.2. The molecule has 2 aromatic carbocycles. The Hall–Kier alpha value is -1.81. The molecule has 0 saturated carbocycles. The van der Waals surface area contributed by atoms with Gasteiger partial charge in [-0.2, -0.15) is 0 Å². The summed E-state index contributed by atoms with van der Waals surface area (Å²) in [6.07, 6.45) is 1.80. The zero-order valence-electron chi connectivity index (χ0n) is 11.9. The van der Waals surface area contributed by atoms with E-state index in [-0.39, 0.29) is 5.91 Å². The summed E-state index contributed by atoms with van der Waals surface area (Å²) in [6, 6.07) is 15.4. The lowest BCUT2D eigenvalue weighted by molar-refractivity contribution is 0.0952. The summed E-state index contributed by atoms with van der Waals surface area (Å²) < 4.78 is 6.01. The zero-order chi connectivity index (χ0) is 15.1. The van der Waals surface area contributed by atoms with E-state index in [4.69, 9.17) is 4.74 Å². The van der Waals surface area contributed by atoms with Gasteiger partial charge in [0.1, 0.15) is 5.75 Å². The Kier molecular flexibility index (Phi) is 5.81.